The summed E-state index contributed by atoms with van der Waals surface area (Å²) in [5.74, 6) is -0.738. The molecule has 0 N–H and O–H groups in total. The topological polar surface area (TPSA) is 52.6 Å². The smallest absolute Gasteiger partial charge is 0.334 e. The highest BCUT2D eigenvalue weighted by Crippen LogP contribution is 2.16. The molecule has 0 rings (SSSR count). The van der Waals surface area contributed by atoms with Gasteiger partial charge in [0, 0.05) is 11.1 Å². The Morgan fingerprint density at radius 2 is 1.00 bits per heavy atom. The van der Waals surface area contributed by atoms with E-state index in [1.165, 1.54) is 51.4 Å². The predicted molar refractivity (Wildman–Crippen MR) is 116 cm³/mol. The van der Waals surface area contributed by atoms with Gasteiger partial charge in [-0.15, -0.1) is 0 Å². The maximum Gasteiger partial charge on any atom is 0.334 e. The van der Waals surface area contributed by atoms with Gasteiger partial charge in [0.15, 0.2) is 0 Å². The molecule has 0 unspecified atom stereocenters. The van der Waals surface area contributed by atoms with Crippen molar-refractivity contribution in [2.24, 2.45) is 0 Å². The van der Waals surface area contributed by atoms with Gasteiger partial charge in [-0.2, -0.15) is 0 Å². The Bertz CT molecular complexity index is 440. The van der Waals surface area contributed by atoms with E-state index in [9.17, 15) is 9.59 Å². The Hall–Kier alpha value is -1.32. The first-order valence-electron chi connectivity index (χ1n) is 11.6. The van der Waals surface area contributed by atoms with Crippen LogP contribution in [0.1, 0.15) is 118 Å². The lowest BCUT2D eigenvalue weighted by atomic mass is 10.0. The molecule has 0 aliphatic carbocycles. The van der Waals surface area contributed by atoms with Crippen LogP contribution in [0.25, 0.3) is 0 Å². The molecule has 0 saturated carbocycles. The minimum Gasteiger partial charge on any atom is -0.462 e. The van der Waals surface area contributed by atoms with E-state index in [-0.39, 0.29) is 11.9 Å². The fourth-order valence-electron chi connectivity index (χ4n) is 3.11. The van der Waals surface area contributed by atoms with Gasteiger partial charge in [0.2, 0.25) is 0 Å². The van der Waals surface area contributed by atoms with E-state index in [0.29, 0.717) is 30.8 Å². The van der Waals surface area contributed by atoms with E-state index in [2.05, 4.69) is 13.8 Å². The second-order valence-corrected chi connectivity index (χ2v) is 7.66. The Balaban J connectivity index is 4.28. The van der Waals surface area contributed by atoms with E-state index in [1.807, 2.05) is 6.92 Å². The summed E-state index contributed by atoms with van der Waals surface area (Å²) in [6.07, 6.45) is 15.1. The fraction of sp³-hybridized carbons (Fsp3) is 0.833. The second kappa shape index (κ2) is 19.0. The molecule has 0 radical (unpaired) electrons. The number of hydrogen-bond acceptors (Lipinski definition) is 4. The van der Waals surface area contributed by atoms with Crippen LogP contribution in [0.4, 0.5) is 0 Å². The van der Waals surface area contributed by atoms with Gasteiger partial charge in [-0.3, -0.25) is 0 Å². The van der Waals surface area contributed by atoms with Crippen LogP contribution in [-0.2, 0) is 19.1 Å². The SMILES string of the molecule is CCCCCCCCOC(=O)C(C)=C(CCC)C(=O)OCCCCCCCC. The normalized spacial score (nSPS) is 11.9. The van der Waals surface area contributed by atoms with Gasteiger partial charge in [0.05, 0.1) is 13.2 Å². The van der Waals surface area contributed by atoms with Crippen molar-refractivity contribution in [2.45, 2.75) is 118 Å². The zero-order valence-electron chi connectivity index (χ0n) is 18.9. The summed E-state index contributed by atoms with van der Waals surface area (Å²) in [5, 5.41) is 0. The van der Waals surface area contributed by atoms with Crippen LogP contribution in [0.5, 0.6) is 0 Å². The van der Waals surface area contributed by atoms with E-state index in [0.717, 1.165) is 32.1 Å². The van der Waals surface area contributed by atoms with E-state index >= 15 is 0 Å². The molecule has 164 valence electrons. The number of ether oxygens (including phenoxy) is 2. The molecule has 0 aliphatic rings. The van der Waals surface area contributed by atoms with Crippen molar-refractivity contribution >= 4 is 11.9 Å². The summed E-state index contributed by atoms with van der Waals surface area (Å²) in [6.45, 7) is 8.93. The Morgan fingerprint density at radius 1 is 0.571 bits per heavy atom. The molecular formula is C24H44O4. The molecule has 0 spiro atoms. The maximum absolute atomic E-state index is 12.4. The number of unbranched alkanes of at least 4 members (excludes halogenated alkanes) is 10. The molecule has 0 heterocycles. The third-order valence-electron chi connectivity index (χ3n) is 4.97. The van der Waals surface area contributed by atoms with E-state index in [1.54, 1.807) is 6.92 Å². The van der Waals surface area contributed by atoms with Crippen LogP contribution >= 0.6 is 0 Å². The minimum atomic E-state index is -0.381. The highest BCUT2D eigenvalue weighted by atomic mass is 16.5. The first-order valence-corrected chi connectivity index (χ1v) is 11.6. The first-order chi connectivity index (χ1) is 13.6. The van der Waals surface area contributed by atoms with Crippen molar-refractivity contribution in [3.8, 4) is 0 Å². The highest BCUT2D eigenvalue weighted by molar-refractivity contribution is 5.99. The standard InChI is InChI=1S/C24H44O4/c1-5-8-10-12-14-16-19-27-23(25)21(4)22(18-7-3)24(26)28-20-17-15-13-11-9-6-2/h5-20H2,1-4H3. The number of carbonyl (C=O) groups excluding carboxylic acids is 2. The lowest BCUT2D eigenvalue weighted by molar-refractivity contribution is -0.142. The third kappa shape index (κ3) is 13.8. The Morgan fingerprint density at radius 3 is 1.46 bits per heavy atom. The summed E-state index contributed by atoms with van der Waals surface area (Å²) in [4.78, 5) is 24.7. The Kier molecular flexibility index (Phi) is 18.1. The summed E-state index contributed by atoms with van der Waals surface area (Å²) in [5.41, 5.74) is 0.877. The van der Waals surface area contributed by atoms with Crippen molar-refractivity contribution in [3.05, 3.63) is 11.1 Å². The molecule has 4 nitrogen and oxygen atoms in total. The Labute approximate surface area is 173 Å². The zero-order chi connectivity index (χ0) is 21.0. The molecule has 0 bridgehead atoms. The number of rotatable bonds is 18. The molecule has 0 aliphatic heterocycles. The quantitative estimate of drug-likeness (QED) is 0.143. The van der Waals surface area contributed by atoms with Crippen molar-refractivity contribution < 1.29 is 19.1 Å². The van der Waals surface area contributed by atoms with Gasteiger partial charge in [-0.25, -0.2) is 9.59 Å². The largest absolute Gasteiger partial charge is 0.462 e. The molecule has 0 aromatic heterocycles. The summed E-state index contributed by atoms with van der Waals surface area (Å²) >= 11 is 0. The summed E-state index contributed by atoms with van der Waals surface area (Å²) < 4.78 is 10.8. The van der Waals surface area contributed by atoms with Crippen LogP contribution in [-0.4, -0.2) is 25.2 Å². The van der Waals surface area contributed by atoms with Gasteiger partial charge in [0.1, 0.15) is 0 Å². The number of esters is 2. The van der Waals surface area contributed by atoms with Crippen LogP contribution in [0, 0.1) is 0 Å². The van der Waals surface area contributed by atoms with E-state index < -0.39 is 0 Å². The van der Waals surface area contributed by atoms with Gasteiger partial charge in [0.25, 0.3) is 0 Å². The molecule has 28 heavy (non-hydrogen) atoms. The van der Waals surface area contributed by atoms with Gasteiger partial charge < -0.3 is 9.47 Å². The maximum atomic E-state index is 12.4. The first kappa shape index (κ1) is 26.7. The van der Waals surface area contributed by atoms with Crippen LogP contribution < -0.4 is 0 Å². The molecule has 4 heteroatoms. The minimum absolute atomic E-state index is 0.357. The van der Waals surface area contributed by atoms with E-state index in [4.69, 9.17) is 9.47 Å². The summed E-state index contributed by atoms with van der Waals surface area (Å²) in [6, 6.07) is 0. The lowest BCUT2D eigenvalue weighted by Crippen LogP contribution is -2.16. The molecule has 0 saturated heterocycles. The zero-order valence-corrected chi connectivity index (χ0v) is 18.9. The van der Waals surface area contributed by atoms with Gasteiger partial charge in [-0.1, -0.05) is 91.4 Å². The highest BCUT2D eigenvalue weighted by Gasteiger charge is 2.19. The van der Waals surface area contributed by atoms with Crippen LogP contribution in [0.15, 0.2) is 11.1 Å². The van der Waals surface area contributed by atoms with Crippen LogP contribution in [0.3, 0.4) is 0 Å². The molecule has 0 aromatic carbocycles. The van der Waals surface area contributed by atoms with Crippen molar-refractivity contribution in [1.29, 1.82) is 0 Å². The van der Waals surface area contributed by atoms with Crippen LogP contribution in [0.2, 0.25) is 0 Å². The monoisotopic (exact) mass is 396 g/mol. The predicted octanol–water partition coefficient (Wildman–Crippen LogP) is 6.91. The van der Waals surface area contributed by atoms with Gasteiger partial charge in [-0.05, 0) is 26.2 Å². The van der Waals surface area contributed by atoms with Crippen molar-refractivity contribution in [2.75, 3.05) is 13.2 Å². The molecule has 0 amide bonds. The molecule has 0 aromatic rings. The lowest BCUT2D eigenvalue weighted by Gasteiger charge is -2.12. The average molecular weight is 397 g/mol. The fourth-order valence-corrected chi connectivity index (χ4v) is 3.11. The molecular weight excluding hydrogens is 352 g/mol. The van der Waals surface area contributed by atoms with Crippen molar-refractivity contribution in [1.82, 2.24) is 0 Å². The summed E-state index contributed by atoms with van der Waals surface area (Å²) in [7, 11) is 0. The number of carbonyl (C=O) groups is 2. The molecule has 0 atom stereocenters. The van der Waals surface area contributed by atoms with Gasteiger partial charge >= 0.3 is 11.9 Å². The molecule has 0 fully saturated rings. The third-order valence-corrected chi connectivity index (χ3v) is 4.97. The number of hydrogen-bond donors (Lipinski definition) is 0. The average Bonchev–Trinajstić information content (AvgIpc) is 2.69. The second-order valence-electron chi connectivity index (χ2n) is 7.66. The van der Waals surface area contributed by atoms with Crippen molar-refractivity contribution in [3.63, 3.8) is 0 Å².